The van der Waals surface area contributed by atoms with Gasteiger partial charge in [-0.15, -0.1) is 0 Å². The third-order valence-electron chi connectivity index (χ3n) is 4.01. The molecule has 0 radical (unpaired) electrons. The molecule has 2 unspecified atom stereocenters. The molecular weight excluding hydrogens is 326 g/mol. The quantitative estimate of drug-likeness (QED) is 0.907. The van der Waals surface area contributed by atoms with E-state index in [-0.39, 0.29) is 0 Å². The summed E-state index contributed by atoms with van der Waals surface area (Å²) in [6.45, 7) is 4.57. The average molecular weight is 346 g/mol. The van der Waals surface area contributed by atoms with Gasteiger partial charge in [0.25, 0.3) is 0 Å². The molecule has 0 aliphatic heterocycles. The number of hydrogen-bond acceptors (Lipinski definition) is 2. The molecule has 1 aromatic rings. The van der Waals surface area contributed by atoms with Gasteiger partial charge in [-0.05, 0) is 42.9 Å². The second-order valence-corrected chi connectivity index (χ2v) is 8.08. The standard InChI is InChI=1S/C14H20BrNO2S/c1-10-4-3-5-12(10)9-16-19(17,18)14-8-13(15)7-6-11(14)2/h6-8,10,12,16H,3-5,9H2,1-2H3. The van der Waals surface area contributed by atoms with Crippen LogP contribution < -0.4 is 4.72 Å². The molecule has 0 aromatic heterocycles. The van der Waals surface area contributed by atoms with E-state index in [1.165, 1.54) is 12.8 Å². The fourth-order valence-electron chi connectivity index (χ4n) is 2.68. The lowest BCUT2D eigenvalue weighted by atomic mass is 9.99. The van der Waals surface area contributed by atoms with Gasteiger partial charge >= 0.3 is 0 Å². The third-order valence-corrected chi connectivity index (χ3v) is 6.07. The maximum absolute atomic E-state index is 12.3. The predicted molar refractivity (Wildman–Crippen MR) is 80.6 cm³/mol. The van der Waals surface area contributed by atoms with Gasteiger partial charge in [0, 0.05) is 11.0 Å². The summed E-state index contributed by atoms with van der Waals surface area (Å²) in [5.41, 5.74) is 0.773. The molecule has 1 N–H and O–H groups in total. The molecule has 2 atom stereocenters. The smallest absolute Gasteiger partial charge is 0.211 e. The van der Waals surface area contributed by atoms with Gasteiger partial charge in [-0.1, -0.05) is 41.8 Å². The third kappa shape index (κ3) is 3.58. The fraction of sp³-hybridized carbons (Fsp3) is 0.571. The molecule has 3 nitrogen and oxygen atoms in total. The van der Waals surface area contributed by atoms with Crippen molar-refractivity contribution in [2.24, 2.45) is 11.8 Å². The summed E-state index contributed by atoms with van der Waals surface area (Å²) in [5.74, 6) is 1.09. The minimum Gasteiger partial charge on any atom is -0.211 e. The van der Waals surface area contributed by atoms with E-state index in [2.05, 4.69) is 27.6 Å². The molecule has 0 saturated heterocycles. The van der Waals surface area contributed by atoms with Gasteiger partial charge < -0.3 is 0 Å². The van der Waals surface area contributed by atoms with E-state index in [9.17, 15) is 8.42 Å². The number of nitrogens with one attached hydrogen (secondary N) is 1. The molecule has 1 aromatic carbocycles. The van der Waals surface area contributed by atoms with Crippen LogP contribution in [0, 0.1) is 18.8 Å². The Morgan fingerprint density at radius 3 is 2.74 bits per heavy atom. The van der Waals surface area contributed by atoms with Gasteiger partial charge in [0.05, 0.1) is 4.90 Å². The first-order valence-corrected chi connectivity index (χ1v) is 8.93. The SMILES string of the molecule is Cc1ccc(Br)cc1S(=O)(=O)NCC1CCCC1C. The van der Waals surface area contributed by atoms with Crippen LogP contribution in [0.4, 0.5) is 0 Å². The summed E-state index contributed by atoms with van der Waals surface area (Å²) in [6.07, 6.45) is 3.55. The Hall–Kier alpha value is -0.390. The largest absolute Gasteiger partial charge is 0.240 e. The number of sulfonamides is 1. The number of benzene rings is 1. The Labute approximate surface area is 124 Å². The molecule has 2 rings (SSSR count). The van der Waals surface area contributed by atoms with Crippen LogP contribution in [-0.2, 0) is 10.0 Å². The van der Waals surface area contributed by atoms with E-state index in [1.807, 2.05) is 19.1 Å². The molecule has 0 amide bonds. The van der Waals surface area contributed by atoms with Crippen molar-refractivity contribution in [3.05, 3.63) is 28.2 Å². The number of halogens is 1. The first-order chi connectivity index (χ1) is 8.90. The molecule has 0 spiro atoms. The van der Waals surface area contributed by atoms with Crippen molar-refractivity contribution < 1.29 is 8.42 Å². The van der Waals surface area contributed by atoms with E-state index in [0.717, 1.165) is 16.5 Å². The van der Waals surface area contributed by atoms with Crippen LogP contribution in [-0.4, -0.2) is 15.0 Å². The van der Waals surface area contributed by atoms with Crippen molar-refractivity contribution in [2.75, 3.05) is 6.54 Å². The van der Waals surface area contributed by atoms with Gasteiger partial charge in [0.1, 0.15) is 0 Å². The lowest BCUT2D eigenvalue weighted by Crippen LogP contribution is -2.30. The molecule has 1 aliphatic carbocycles. The Morgan fingerprint density at radius 1 is 1.37 bits per heavy atom. The van der Waals surface area contributed by atoms with Crippen LogP contribution in [0.25, 0.3) is 0 Å². The highest BCUT2D eigenvalue weighted by molar-refractivity contribution is 9.10. The normalized spacial score (nSPS) is 23.7. The Balaban J connectivity index is 2.12. The molecule has 106 valence electrons. The topological polar surface area (TPSA) is 46.2 Å². The summed E-state index contributed by atoms with van der Waals surface area (Å²) < 4.78 is 28.2. The summed E-state index contributed by atoms with van der Waals surface area (Å²) in [5, 5.41) is 0. The molecule has 1 fully saturated rings. The average Bonchev–Trinajstić information content (AvgIpc) is 2.75. The number of rotatable bonds is 4. The molecule has 1 saturated carbocycles. The monoisotopic (exact) mass is 345 g/mol. The predicted octanol–water partition coefficient (Wildman–Crippen LogP) is 3.47. The first-order valence-electron chi connectivity index (χ1n) is 6.66. The summed E-state index contributed by atoms with van der Waals surface area (Å²) in [6, 6.07) is 5.33. The van der Waals surface area contributed by atoms with E-state index >= 15 is 0 Å². The zero-order valence-electron chi connectivity index (χ0n) is 11.3. The summed E-state index contributed by atoms with van der Waals surface area (Å²) >= 11 is 3.32. The van der Waals surface area contributed by atoms with Crippen molar-refractivity contribution in [2.45, 2.75) is 38.0 Å². The lowest BCUT2D eigenvalue weighted by molar-refractivity contribution is 0.414. The van der Waals surface area contributed by atoms with Crippen LogP contribution in [0.15, 0.2) is 27.6 Å². The van der Waals surface area contributed by atoms with Crippen LogP contribution in [0.2, 0.25) is 0 Å². The molecule has 0 bridgehead atoms. The highest BCUT2D eigenvalue weighted by Crippen LogP contribution is 2.31. The van der Waals surface area contributed by atoms with Crippen molar-refractivity contribution in [3.8, 4) is 0 Å². The van der Waals surface area contributed by atoms with E-state index in [0.29, 0.717) is 23.3 Å². The van der Waals surface area contributed by atoms with Gasteiger partial charge in [0.2, 0.25) is 10.0 Å². The Kier molecular flexibility index (Phi) is 4.69. The van der Waals surface area contributed by atoms with Crippen LogP contribution in [0.5, 0.6) is 0 Å². The highest BCUT2D eigenvalue weighted by atomic mass is 79.9. The summed E-state index contributed by atoms with van der Waals surface area (Å²) in [7, 11) is -3.40. The highest BCUT2D eigenvalue weighted by Gasteiger charge is 2.25. The minimum atomic E-state index is -3.40. The molecule has 19 heavy (non-hydrogen) atoms. The summed E-state index contributed by atoms with van der Waals surface area (Å²) in [4.78, 5) is 0.368. The lowest BCUT2D eigenvalue weighted by Gasteiger charge is -2.16. The molecule has 1 aliphatic rings. The van der Waals surface area contributed by atoms with Gasteiger partial charge in [0.15, 0.2) is 0 Å². The zero-order valence-corrected chi connectivity index (χ0v) is 13.7. The first kappa shape index (κ1) is 15.0. The molecular formula is C14H20BrNO2S. The van der Waals surface area contributed by atoms with Crippen molar-refractivity contribution in [1.82, 2.24) is 4.72 Å². The van der Waals surface area contributed by atoms with E-state index in [4.69, 9.17) is 0 Å². The Bertz CT molecular complexity index is 557. The zero-order chi connectivity index (χ0) is 14.0. The van der Waals surface area contributed by atoms with E-state index in [1.54, 1.807) is 6.07 Å². The molecule has 5 heteroatoms. The number of hydrogen-bond donors (Lipinski definition) is 1. The van der Waals surface area contributed by atoms with Crippen LogP contribution >= 0.6 is 15.9 Å². The van der Waals surface area contributed by atoms with Crippen molar-refractivity contribution >= 4 is 26.0 Å². The Morgan fingerprint density at radius 2 is 2.11 bits per heavy atom. The minimum absolute atomic E-state index is 0.368. The maximum atomic E-state index is 12.3. The van der Waals surface area contributed by atoms with Gasteiger partial charge in [-0.25, -0.2) is 13.1 Å². The van der Waals surface area contributed by atoms with Crippen molar-refractivity contribution in [1.29, 1.82) is 0 Å². The second-order valence-electron chi connectivity index (χ2n) is 5.43. The number of aryl methyl sites for hydroxylation is 1. The van der Waals surface area contributed by atoms with Crippen LogP contribution in [0.3, 0.4) is 0 Å². The fourth-order valence-corrected chi connectivity index (χ4v) is 4.56. The van der Waals surface area contributed by atoms with Crippen molar-refractivity contribution in [3.63, 3.8) is 0 Å². The molecule has 0 heterocycles. The van der Waals surface area contributed by atoms with Gasteiger partial charge in [-0.2, -0.15) is 0 Å². The maximum Gasteiger partial charge on any atom is 0.240 e. The second kappa shape index (κ2) is 5.94. The van der Waals surface area contributed by atoms with Gasteiger partial charge in [-0.3, -0.25) is 0 Å². The van der Waals surface area contributed by atoms with E-state index < -0.39 is 10.0 Å². The van der Waals surface area contributed by atoms with Crippen LogP contribution in [0.1, 0.15) is 31.7 Å².